The van der Waals surface area contributed by atoms with E-state index < -0.39 is 0 Å². The zero-order valence-corrected chi connectivity index (χ0v) is 16.7. The van der Waals surface area contributed by atoms with Gasteiger partial charge in [-0.05, 0) is 65.7 Å². The minimum absolute atomic E-state index is 0.00190. The van der Waals surface area contributed by atoms with Crippen LogP contribution in [0.5, 0.6) is 0 Å². The molecule has 5 heteroatoms. The molecule has 0 fully saturated rings. The molecule has 2 aromatic heterocycles. The Balaban J connectivity index is 1.30. The monoisotopic (exact) mass is 399 g/mol. The first-order valence-corrected chi connectivity index (χ1v) is 10.7. The summed E-state index contributed by atoms with van der Waals surface area (Å²) in [6.45, 7) is 0. The van der Waals surface area contributed by atoms with Crippen LogP contribution in [0.15, 0.2) is 72.1 Å². The van der Waals surface area contributed by atoms with Crippen LogP contribution in [-0.2, 0) is 17.6 Å². The van der Waals surface area contributed by atoms with E-state index in [-0.39, 0.29) is 5.91 Å². The summed E-state index contributed by atoms with van der Waals surface area (Å²) in [5, 5.41) is 9.56. The highest BCUT2D eigenvalue weighted by Crippen LogP contribution is 2.33. The van der Waals surface area contributed by atoms with Gasteiger partial charge >= 0.3 is 0 Å². The maximum absolute atomic E-state index is 12.2. The Morgan fingerprint density at radius 3 is 2.90 bits per heavy atom. The van der Waals surface area contributed by atoms with Gasteiger partial charge in [-0.25, -0.2) is 4.98 Å². The fraction of sp³-hybridized carbons (Fsp3) is 0.167. The summed E-state index contributed by atoms with van der Waals surface area (Å²) in [4.78, 5) is 18.1. The summed E-state index contributed by atoms with van der Waals surface area (Å²) in [6, 6.07) is 22.8. The van der Waals surface area contributed by atoms with Gasteiger partial charge in [0.25, 0.3) is 0 Å². The molecule has 4 nitrogen and oxygen atoms in total. The number of thiophene rings is 1. The van der Waals surface area contributed by atoms with E-state index in [4.69, 9.17) is 4.98 Å². The van der Waals surface area contributed by atoms with Gasteiger partial charge in [-0.3, -0.25) is 4.79 Å². The van der Waals surface area contributed by atoms with Gasteiger partial charge in [0.2, 0.25) is 5.91 Å². The normalized spacial score (nSPS) is 15.2. The SMILES string of the molecule is O=C(Cc1cccs1)Nc1ccc2nc(NC3CCc4ccccc43)ccc2c1. The average molecular weight is 400 g/mol. The molecule has 144 valence electrons. The summed E-state index contributed by atoms with van der Waals surface area (Å²) >= 11 is 1.60. The number of aromatic nitrogens is 1. The van der Waals surface area contributed by atoms with Gasteiger partial charge in [-0.15, -0.1) is 11.3 Å². The van der Waals surface area contributed by atoms with Gasteiger partial charge in [0, 0.05) is 16.0 Å². The van der Waals surface area contributed by atoms with Crippen LogP contribution in [0, 0.1) is 0 Å². The van der Waals surface area contributed by atoms with E-state index in [1.807, 2.05) is 41.8 Å². The molecule has 0 saturated heterocycles. The molecular weight excluding hydrogens is 378 g/mol. The third kappa shape index (κ3) is 3.87. The number of amides is 1. The Bertz CT molecular complexity index is 1170. The summed E-state index contributed by atoms with van der Waals surface area (Å²) < 4.78 is 0. The average Bonchev–Trinajstić information content (AvgIpc) is 3.38. The topological polar surface area (TPSA) is 54.0 Å². The smallest absolute Gasteiger partial charge is 0.229 e. The van der Waals surface area contributed by atoms with Crippen LogP contribution in [0.4, 0.5) is 11.5 Å². The molecule has 5 rings (SSSR count). The standard InChI is InChI=1S/C24H21N3OS/c28-24(15-19-5-3-13-29-19)25-18-9-11-21-17(14-18)8-12-23(26-21)27-22-10-7-16-4-1-2-6-20(16)22/h1-6,8-9,11-14,22H,7,10,15H2,(H,25,28)(H,26,27). The molecule has 2 aromatic carbocycles. The van der Waals surface area contributed by atoms with E-state index in [9.17, 15) is 4.79 Å². The molecule has 29 heavy (non-hydrogen) atoms. The number of hydrogen-bond acceptors (Lipinski definition) is 4. The van der Waals surface area contributed by atoms with Crippen molar-refractivity contribution in [1.82, 2.24) is 4.98 Å². The summed E-state index contributed by atoms with van der Waals surface area (Å²) in [6.07, 6.45) is 2.60. The number of carbonyl (C=O) groups is 1. The third-order valence-electron chi connectivity index (χ3n) is 5.34. The van der Waals surface area contributed by atoms with Crippen molar-refractivity contribution in [3.8, 4) is 0 Å². The van der Waals surface area contributed by atoms with Crippen molar-refractivity contribution in [2.24, 2.45) is 0 Å². The quantitative estimate of drug-likeness (QED) is 0.461. The van der Waals surface area contributed by atoms with Gasteiger partial charge in [0.15, 0.2) is 0 Å². The van der Waals surface area contributed by atoms with Crippen LogP contribution < -0.4 is 10.6 Å². The molecule has 1 amide bonds. The van der Waals surface area contributed by atoms with Crippen molar-refractivity contribution in [3.05, 3.63) is 88.1 Å². The second-order valence-electron chi connectivity index (χ2n) is 7.34. The highest BCUT2D eigenvalue weighted by atomic mass is 32.1. The molecule has 0 radical (unpaired) electrons. The minimum atomic E-state index is -0.00190. The minimum Gasteiger partial charge on any atom is -0.363 e. The van der Waals surface area contributed by atoms with E-state index in [0.717, 1.165) is 40.1 Å². The molecule has 1 aliphatic carbocycles. The maximum atomic E-state index is 12.2. The summed E-state index contributed by atoms with van der Waals surface area (Å²) in [5.74, 6) is 0.881. The molecule has 0 bridgehead atoms. The van der Waals surface area contributed by atoms with Crippen LogP contribution in [0.3, 0.4) is 0 Å². The first kappa shape index (κ1) is 17.9. The zero-order chi connectivity index (χ0) is 19.6. The molecular formula is C24H21N3OS. The maximum Gasteiger partial charge on any atom is 0.229 e. The van der Waals surface area contributed by atoms with Crippen molar-refractivity contribution in [2.45, 2.75) is 25.3 Å². The summed E-state index contributed by atoms with van der Waals surface area (Å²) in [5.41, 5.74) is 4.51. The molecule has 0 spiro atoms. The van der Waals surface area contributed by atoms with E-state index in [1.54, 1.807) is 11.3 Å². The molecule has 2 heterocycles. The number of nitrogens with one attached hydrogen (secondary N) is 2. The van der Waals surface area contributed by atoms with E-state index >= 15 is 0 Å². The van der Waals surface area contributed by atoms with Crippen molar-refractivity contribution in [2.75, 3.05) is 10.6 Å². The Labute approximate surface area is 173 Å². The van der Waals surface area contributed by atoms with Gasteiger partial charge in [0.05, 0.1) is 18.0 Å². The lowest BCUT2D eigenvalue weighted by molar-refractivity contribution is -0.115. The number of pyridine rings is 1. The van der Waals surface area contributed by atoms with Crippen LogP contribution in [0.1, 0.15) is 28.5 Å². The number of rotatable bonds is 5. The van der Waals surface area contributed by atoms with E-state index in [1.165, 1.54) is 11.1 Å². The van der Waals surface area contributed by atoms with Crippen LogP contribution in [0.2, 0.25) is 0 Å². The second kappa shape index (κ2) is 7.68. The number of benzene rings is 2. The van der Waals surface area contributed by atoms with E-state index in [2.05, 4.69) is 41.0 Å². The number of aryl methyl sites for hydroxylation is 1. The van der Waals surface area contributed by atoms with Crippen molar-refractivity contribution in [1.29, 1.82) is 0 Å². The lowest BCUT2D eigenvalue weighted by Crippen LogP contribution is -2.13. The van der Waals surface area contributed by atoms with E-state index in [0.29, 0.717) is 12.5 Å². The summed E-state index contributed by atoms with van der Waals surface area (Å²) in [7, 11) is 0. The number of hydrogen-bond donors (Lipinski definition) is 2. The highest BCUT2D eigenvalue weighted by Gasteiger charge is 2.21. The van der Waals surface area contributed by atoms with Gasteiger partial charge in [-0.2, -0.15) is 0 Å². The molecule has 1 unspecified atom stereocenters. The van der Waals surface area contributed by atoms with Crippen LogP contribution >= 0.6 is 11.3 Å². The van der Waals surface area contributed by atoms with Crippen LogP contribution in [0.25, 0.3) is 10.9 Å². The van der Waals surface area contributed by atoms with Crippen molar-refractivity contribution < 1.29 is 4.79 Å². The highest BCUT2D eigenvalue weighted by molar-refractivity contribution is 7.10. The number of nitrogens with zero attached hydrogens (tertiary/aromatic N) is 1. The van der Waals surface area contributed by atoms with Crippen LogP contribution in [-0.4, -0.2) is 10.9 Å². The number of carbonyl (C=O) groups excluding carboxylic acids is 1. The lowest BCUT2D eigenvalue weighted by atomic mass is 10.1. The Kier molecular flexibility index (Phi) is 4.74. The largest absolute Gasteiger partial charge is 0.363 e. The van der Waals surface area contributed by atoms with Gasteiger partial charge in [0.1, 0.15) is 5.82 Å². The predicted octanol–water partition coefficient (Wildman–Crippen LogP) is 5.58. The van der Waals surface area contributed by atoms with Crippen molar-refractivity contribution >= 4 is 39.7 Å². The number of anilines is 2. The molecule has 1 atom stereocenters. The fourth-order valence-electron chi connectivity index (χ4n) is 3.95. The Morgan fingerprint density at radius 1 is 1.07 bits per heavy atom. The zero-order valence-electron chi connectivity index (χ0n) is 15.9. The van der Waals surface area contributed by atoms with Gasteiger partial charge in [-0.1, -0.05) is 30.3 Å². The Hall–Kier alpha value is -3.18. The van der Waals surface area contributed by atoms with Gasteiger partial charge < -0.3 is 10.6 Å². The fourth-order valence-corrected chi connectivity index (χ4v) is 4.65. The first-order chi connectivity index (χ1) is 14.2. The molecule has 0 saturated carbocycles. The number of fused-ring (bicyclic) bond motifs is 2. The second-order valence-corrected chi connectivity index (χ2v) is 8.37. The predicted molar refractivity (Wildman–Crippen MR) is 120 cm³/mol. The molecule has 1 aliphatic rings. The molecule has 4 aromatic rings. The van der Waals surface area contributed by atoms with Crippen molar-refractivity contribution in [3.63, 3.8) is 0 Å². The third-order valence-corrected chi connectivity index (χ3v) is 6.22. The molecule has 0 aliphatic heterocycles. The molecule has 2 N–H and O–H groups in total. The lowest BCUT2D eigenvalue weighted by Gasteiger charge is -2.15. The Morgan fingerprint density at radius 2 is 2.00 bits per heavy atom. The first-order valence-electron chi connectivity index (χ1n) is 9.82.